The predicted octanol–water partition coefficient (Wildman–Crippen LogP) is 2.24. The lowest BCUT2D eigenvalue weighted by atomic mass is 10.2. The average molecular weight is 404 g/mol. The molecular weight excluding hydrogens is 381 g/mol. The van der Waals surface area contributed by atoms with Crippen molar-refractivity contribution in [1.82, 2.24) is 13.5 Å². The summed E-state index contributed by atoms with van der Waals surface area (Å²) in [5.41, 5.74) is 0.539. The highest BCUT2D eigenvalue weighted by Gasteiger charge is 2.38. The minimum absolute atomic E-state index is 0.0653. The maximum atomic E-state index is 13.2. The summed E-state index contributed by atoms with van der Waals surface area (Å²) >= 11 is 6.00. The van der Waals surface area contributed by atoms with E-state index in [1.54, 1.807) is 4.90 Å². The number of rotatable bonds is 4. The van der Waals surface area contributed by atoms with Gasteiger partial charge in [0.15, 0.2) is 0 Å². The zero-order valence-corrected chi connectivity index (χ0v) is 16.1. The second-order valence-electron chi connectivity index (χ2n) is 6.71. The number of benzene rings is 1. The molecule has 2 aliphatic heterocycles. The van der Waals surface area contributed by atoms with E-state index in [2.05, 4.69) is 0 Å². The van der Waals surface area contributed by atoms with E-state index in [0.717, 1.165) is 25.7 Å². The van der Waals surface area contributed by atoms with Crippen LogP contribution in [0, 0.1) is 5.82 Å². The molecule has 2 fully saturated rings. The summed E-state index contributed by atoms with van der Waals surface area (Å²) in [6, 6.07) is 3.91. The van der Waals surface area contributed by atoms with Crippen LogP contribution in [0.15, 0.2) is 18.2 Å². The second kappa shape index (κ2) is 8.21. The molecule has 0 aromatic heterocycles. The summed E-state index contributed by atoms with van der Waals surface area (Å²) in [5.74, 6) is -0.607. The van der Waals surface area contributed by atoms with Crippen molar-refractivity contribution in [2.75, 3.05) is 32.7 Å². The van der Waals surface area contributed by atoms with Gasteiger partial charge < -0.3 is 4.90 Å². The smallest absolute Gasteiger partial charge is 0.282 e. The highest BCUT2D eigenvalue weighted by atomic mass is 35.5. The van der Waals surface area contributed by atoms with E-state index in [4.69, 9.17) is 11.6 Å². The first kappa shape index (κ1) is 19.5. The highest BCUT2D eigenvalue weighted by Crippen LogP contribution is 2.24. The third-order valence-electron chi connectivity index (χ3n) is 4.88. The average Bonchev–Trinajstić information content (AvgIpc) is 2.79. The normalized spacial score (nSPS) is 21.7. The Morgan fingerprint density at radius 3 is 2.35 bits per heavy atom. The van der Waals surface area contributed by atoms with Crippen LogP contribution in [-0.2, 0) is 21.5 Å². The number of hydrogen-bond donors (Lipinski definition) is 0. The molecule has 0 atom stereocenters. The van der Waals surface area contributed by atoms with Gasteiger partial charge in [0.05, 0.1) is 6.54 Å². The van der Waals surface area contributed by atoms with Gasteiger partial charge in [-0.2, -0.15) is 17.0 Å². The monoisotopic (exact) mass is 403 g/mol. The molecule has 2 saturated heterocycles. The molecule has 0 N–H and O–H groups in total. The lowest BCUT2D eigenvalue weighted by Gasteiger charge is -2.24. The van der Waals surface area contributed by atoms with Gasteiger partial charge in [-0.1, -0.05) is 30.5 Å². The molecule has 2 heterocycles. The van der Waals surface area contributed by atoms with Gasteiger partial charge in [0.1, 0.15) is 5.82 Å². The Morgan fingerprint density at radius 2 is 1.69 bits per heavy atom. The number of amides is 1. The Balaban J connectivity index is 1.65. The fourth-order valence-electron chi connectivity index (χ4n) is 3.35. The first-order chi connectivity index (χ1) is 12.4. The number of carbonyl (C=O) groups is 1. The number of nitrogens with zero attached hydrogens (tertiary/aromatic N) is 3. The second-order valence-corrected chi connectivity index (χ2v) is 9.04. The summed E-state index contributed by atoms with van der Waals surface area (Å²) in [6.07, 6.45) is 4.15. The van der Waals surface area contributed by atoms with E-state index < -0.39 is 16.0 Å². The van der Waals surface area contributed by atoms with E-state index >= 15 is 0 Å². The zero-order valence-electron chi connectivity index (χ0n) is 14.5. The Hall–Kier alpha value is -1.22. The van der Waals surface area contributed by atoms with Crippen molar-refractivity contribution in [2.45, 2.75) is 32.2 Å². The molecule has 2 aliphatic rings. The number of hydrogen-bond acceptors (Lipinski definition) is 3. The molecule has 1 amide bonds. The fourth-order valence-corrected chi connectivity index (χ4v) is 5.10. The van der Waals surface area contributed by atoms with Crippen molar-refractivity contribution in [1.29, 1.82) is 0 Å². The molecule has 0 unspecified atom stereocenters. The van der Waals surface area contributed by atoms with Crippen molar-refractivity contribution in [2.24, 2.45) is 0 Å². The summed E-state index contributed by atoms with van der Waals surface area (Å²) in [5, 5.41) is 0.194. The first-order valence-corrected chi connectivity index (χ1v) is 10.6. The lowest BCUT2D eigenvalue weighted by Crippen LogP contribution is -2.42. The Morgan fingerprint density at radius 1 is 1.04 bits per heavy atom. The van der Waals surface area contributed by atoms with Gasteiger partial charge in [0.2, 0.25) is 5.91 Å². The van der Waals surface area contributed by atoms with Crippen LogP contribution >= 0.6 is 11.6 Å². The SMILES string of the molecule is O=C(CN1CCN(Cc2ccc(F)cc2Cl)S1(=O)=O)N1CCCCCC1. The van der Waals surface area contributed by atoms with Crippen LogP contribution in [0.5, 0.6) is 0 Å². The maximum Gasteiger partial charge on any atom is 0.282 e. The van der Waals surface area contributed by atoms with Crippen LogP contribution in [-0.4, -0.2) is 60.6 Å². The van der Waals surface area contributed by atoms with Crippen LogP contribution in [0.3, 0.4) is 0 Å². The number of likely N-dealkylation sites (tertiary alicyclic amines) is 1. The van der Waals surface area contributed by atoms with Gasteiger partial charge in [0, 0.05) is 37.7 Å². The van der Waals surface area contributed by atoms with Gasteiger partial charge in [-0.05, 0) is 30.5 Å². The molecule has 0 aliphatic carbocycles. The van der Waals surface area contributed by atoms with Gasteiger partial charge in [-0.25, -0.2) is 4.39 Å². The van der Waals surface area contributed by atoms with Gasteiger partial charge in [-0.15, -0.1) is 0 Å². The zero-order chi connectivity index (χ0) is 18.7. The van der Waals surface area contributed by atoms with Crippen LogP contribution in [0.1, 0.15) is 31.2 Å². The van der Waals surface area contributed by atoms with Crippen molar-refractivity contribution in [3.63, 3.8) is 0 Å². The minimum Gasteiger partial charge on any atom is -0.342 e. The van der Waals surface area contributed by atoms with Crippen molar-refractivity contribution in [3.8, 4) is 0 Å². The van der Waals surface area contributed by atoms with E-state index in [9.17, 15) is 17.6 Å². The minimum atomic E-state index is -3.73. The predicted molar refractivity (Wildman–Crippen MR) is 97.4 cm³/mol. The molecule has 1 aromatic rings. The molecular formula is C17H23ClFN3O3S. The largest absolute Gasteiger partial charge is 0.342 e. The van der Waals surface area contributed by atoms with Crippen molar-refractivity contribution >= 4 is 27.7 Å². The van der Waals surface area contributed by atoms with E-state index in [1.165, 1.54) is 26.8 Å². The molecule has 0 saturated carbocycles. The Labute approximate surface area is 158 Å². The highest BCUT2D eigenvalue weighted by molar-refractivity contribution is 7.87. The van der Waals surface area contributed by atoms with Gasteiger partial charge in [0.25, 0.3) is 10.2 Å². The standard InChI is InChI=1S/C17H23ClFN3O3S/c18-16-11-15(19)6-5-14(16)12-21-9-10-22(26(21,24)25)13-17(23)20-7-3-1-2-4-8-20/h5-6,11H,1-4,7-10,12-13H2. The molecule has 1 aromatic carbocycles. The van der Waals surface area contributed by atoms with E-state index in [0.29, 0.717) is 18.7 Å². The molecule has 0 radical (unpaired) electrons. The maximum absolute atomic E-state index is 13.2. The van der Waals surface area contributed by atoms with Crippen LogP contribution < -0.4 is 0 Å². The third kappa shape index (κ3) is 4.36. The van der Waals surface area contributed by atoms with Crippen LogP contribution in [0.2, 0.25) is 5.02 Å². The summed E-state index contributed by atoms with van der Waals surface area (Å²) in [4.78, 5) is 14.3. The Kier molecular flexibility index (Phi) is 6.17. The molecule has 26 heavy (non-hydrogen) atoms. The van der Waals surface area contributed by atoms with Gasteiger partial charge in [-0.3, -0.25) is 4.79 Å². The summed E-state index contributed by atoms with van der Waals surface area (Å²) in [7, 11) is -3.73. The summed E-state index contributed by atoms with van der Waals surface area (Å²) < 4.78 is 41.1. The van der Waals surface area contributed by atoms with Gasteiger partial charge >= 0.3 is 0 Å². The molecule has 9 heteroatoms. The topological polar surface area (TPSA) is 60.9 Å². The number of halogens is 2. The van der Waals surface area contributed by atoms with Crippen LogP contribution in [0.4, 0.5) is 4.39 Å². The first-order valence-electron chi connectivity index (χ1n) is 8.85. The van der Waals surface area contributed by atoms with E-state index in [1.807, 2.05) is 0 Å². The summed E-state index contributed by atoms with van der Waals surface area (Å²) in [6.45, 7) is 1.87. The third-order valence-corrected chi connectivity index (χ3v) is 7.16. The molecule has 3 rings (SSSR count). The molecule has 6 nitrogen and oxygen atoms in total. The van der Waals surface area contributed by atoms with Crippen molar-refractivity contribution < 1.29 is 17.6 Å². The molecule has 144 valence electrons. The van der Waals surface area contributed by atoms with Crippen molar-refractivity contribution in [3.05, 3.63) is 34.6 Å². The van der Waals surface area contributed by atoms with Crippen LogP contribution in [0.25, 0.3) is 0 Å². The lowest BCUT2D eigenvalue weighted by molar-refractivity contribution is -0.131. The molecule has 0 spiro atoms. The Bertz CT molecular complexity index is 767. The fraction of sp³-hybridized carbons (Fsp3) is 0.588. The quantitative estimate of drug-likeness (QED) is 0.774. The van der Waals surface area contributed by atoms with E-state index in [-0.39, 0.29) is 37.1 Å². The molecule has 0 bridgehead atoms. The number of carbonyl (C=O) groups excluding carboxylic acids is 1.